The van der Waals surface area contributed by atoms with Gasteiger partial charge in [0.25, 0.3) is 0 Å². The van der Waals surface area contributed by atoms with E-state index >= 15 is 0 Å². The summed E-state index contributed by atoms with van der Waals surface area (Å²) in [7, 11) is 0. The van der Waals surface area contributed by atoms with E-state index in [2.05, 4.69) is 0 Å². The van der Waals surface area contributed by atoms with E-state index in [1.807, 2.05) is 55.5 Å². The van der Waals surface area contributed by atoms with Crippen LogP contribution in [0, 0.1) is 11.4 Å². The molecule has 3 rings (SSSR count). The van der Waals surface area contributed by atoms with Crippen LogP contribution < -0.4 is 0 Å². The Morgan fingerprint density at radius 3 is 2.58 bits per heavy atom. The lowest BCUT2D eigenvalue weighted by atomic mass is 10.1. The molecule has 3 aromatic rings. The maximum absolute atomic E-state index is 11.5. The Hall–Kier alpha value is -2.46. The molecule has 0 spiro atoms. The molecular weight excluding hydrogens is 320 g/mol. The molecule has 0 radical (unpaired) electrons. The first-order valence-corrected chi connectivity index (χ1v) is 8.27. The fraction of sp³-hybridized carbons (Fsp3) is 0.200. The van der Waals surface area contributed by atoms with E-state index in [1.165, 1.54) is 0 Å². The fourth-order valence-electron chi connectivity index (χ4n) is 2.58. The number of fused-ring (bicyclic) bond motifs is 1. The number of ether oxygens (including phenoxy) is 1. The Morgan fingerprint density at radius 1 is 1.12 bits per heavy atom. The first kappa shape index (κ1) is 16.4. The minimum absolute atomic E-state index is 0.219. The summed E-state index contributed by atoms with van der Waals surface area (Å²) >= 11 is 5.49. The fourth-order valence-corrected chi connectivity index (χ4v) is 2.84. The predicted octanol–water partition coefficient (Wildman–Crippen LogP) is 5.24. The summed E-state index contributed by atoms with van der Waals surface area (Å²) in [4.78, 5) is 11.5. The second-order valence-electron chi connectivity index (χ2n) is 5.65. The van der Waals surface area contributed by atoms with E-state index in [-0.39, 0.29) is 12.4 Å². The molecule has 4 heteroatoms. The normalized spacial score (nSPS) is 10.8. The maximum Gasteiger partial charge on any atom is 0.310 e. The lowest BCUT2D eigenvalue weighted by Gasteiger charge is -2.06. The molecule has 0 amide bonds. The van der Waals surface area contributed by atoms with E-state index in [0.717, 1.165) is 37.9 Å². The molecule has 0 bridgehead atoms. The number of hydrogen-bond acceptors (Lipinski definition) is 4. The Kier molecular flexibility index (Phi) is 4.76. The Bertz CT molecular complexity index is 939. The SMILES string of the molecule is CCOC(=O)Cc1ccc(-c2cc(=S)c3cc(C)ccc3o2)cc1. The Morgan fingerprint density at radius 2 is 1.88 bits per heavy atom. The van der Waals surface area contributed by atoms with Gasteiger partial charge in [-0.2, -0.15) is 0 Å². The van der Waals surface area contributed by atoms with Crippen molar-refractivity contribution in [1.82, 2.24) is 0 Å². The second kappa shape index (κ2) is 6.97. The van der Waals surface area contributed by atoms with E-state index in [9.17, 15) is 4.79 Å². The van der Waals surface area contributed by atoms with Crippen LogP contribution in [0.25, 0.3) is 22.3 Å². The van der Waals surface area contributed by atoms with Crippen LogP contribution in [-0.2, 0) is 16.0 Å². The largest absolute Gasteiger partial charge is 0.466 e. The molecule has 122 valence electrons. The van der Waals surface area contributed by atoms with Crippen molar-refractivity contribution in [3.05, 3.63) is 64.2 Å². The first-order chi connectivity index (χ1) is 11.6. The van der Waals surface area contributed by atoms with Gasteiger partial charge >= 0.3 is 5.97 Å². The molecule has 0 saturated carbocycles. The van der Waals surface area contributed by atoms with Gasteiger partial charge in [0.2, 0.25) is 0 Å². The summed E-state index contributed by atoms with van der Waals surface area (Å²) in [5, 5.41) is 0.952. The first-order valence-electron chi connectivity index (χ1n) is 7.86. The molecule has 0 aliphatic heterocycles. The van der Waals surface area contributed by atoms with Crippen LogP contribution in [0.3, 0.4) is 0 Å². The van der Waals surface area contributed by atoms with Crippen molar-refractivity contribution in [1.29, 1.82) is 0 Å². The monoisotopic (exact) mass is 338 g/mol. The van der Waals surface area contributed by atoms with Gasteiger partial charge in [-0.25, -0.2) is 0 Å². The highest BCUT2D eigenvalue weighted by Gasteiger charge is 2.07. The zero-order chi connectivity index (χ0) is 17.1. The zero-order valence-electron chi connectivity index (χ0n) is 13.7. The van der Waals surface area contributed by atoms with Crippen LogP contribution in [0.4, 0.5) is 0 Å². The van der Waals surface area contributed by atoms with Crippen LogP contribution in [0.2, 0.25) is 0 Å². The molecule has 0 saturated heterocycles. The van der Waals surface area contributed by atoms with Gasteiger partial charge < -0.3 is 9.15 Å². The summed E-state index contributed by atoms with van der Waals surface area (Å²) in [6, 6.07) is 15.5. The molecule has 0 unspecified atom stereocenters. The van der Waals surface area contributed by atoms with Crippen molar-refractivity contribution in [3.8, 4) is 11.3 Å². The molecule has 0 N–H and O–H groups in total. The molecule has 0 aliphatic carbocycles. The number of rotatable bonds is 4. The lowest BCUT2D eigenvalue weighted by molar-refractivity contribution is -0.142. The third kappa shape index (κ3) is 3.54. The number of carbonyl (C=O) groups is 1. The zero-order valence-corrected chi connectivity index (χ0v) is 14.5. The topological polar surface area (TPSA) is 39.4 Å². The quantitative estimate of drug-likeness (QED) is 0.481. The highest BCUT2D eigenvalue weighted by Crippen LogP contribution is 2.27. The van der Waals surface area contributed by atoms with Crippen LogP contribution in [0.5, 0.6) is 0 Å². The van der Waals surface area contributed by atoms with Gasteiger partial charge in [-0.1, -0.05) is 48.1 Å². The van der Waals surface area contributed by atoms with E-state index in [0.29, 0.717) is 6.61 Å². The van der Waals surface area contributed by atoms with Gasteiger partial charge in [-0.3, -0.25) is 4.79 Å². The summed E-state index contributed by atoms with van der Waals surface area (Å²) in [5.41, 5.74) is 3.77. The molecular formula is C20H18O3S. The van der Waals surface area contributed by atoms with Gasteiger partial charge in [0, 0.05) is 17.0 Å². The van der Waals surface area contributed by atoms with E-state index in [4.69, 9.17) is 21.4 Å². The van der Waals surface area contributed by atoms with Crippen molar-refractivity contribution < 1.29 is 13.9 Å². The molecule has 0 aliphatic rings. The molecule has 0 fully saturated rings. The van der Waals surface area contributed by atoms with Crippen molar-refractivity contribution in [2.24, 2.45) is 0 Å². The molecule has 0 atom stereocenters. The molecule has 1 heterocycles. The minimum Gasteiger partial charge on any atom is -0.466 e. The number of esters is 1. The smallest absolute Gasteiger partial charge is 0.310 e. The van der Waals surface area contributed by atoms with Gasteiger partial charge in [0.1, 0.15) is 11.3 Å². The highest BCUT2D eigenvalue weighted by molar-refractivity contribution is 7.71. The van der Waals surface area contributed by atoms with Crippen LogP contribution in [0.1, 0.15) is 18.1 Å². The summed E-state index contributed by atoms with van der Waals surface area (Å²) in [6.07, 6.45) is 0.272. The third-order valence-corrected chi connectivity index (χ3v) is 4.11. The average Bonchev–Trinajstić information content (AvgIpc) is 2.56. The number of aryl methyl sites for hydroxylation is 1. The molecule has 3 nitrogen and oxygen atoms in total. The van der Waals surface area contributed by atoms with Gasteiger partial charge in [-0.15, -0.1) is 0 Å². The van der Waals surface area contributed by atoms with Crippen molar-refractivity contribution in [3.63, 3.8) is 0 Å². The Balaban J connectivity index is 1.92. The average molecular weight is 338 g/mol. The number of benzene rings is 2. The third-order valence-electron chi connectivity index (χ3n) is 3.77. The number of hydrogen-bond donors (Lipinski definition) is 0. The Labute approximate surface area is 145 Å². The number of carbonyl (C=O) groups excluding carboxylic acids is 1. The van der Waals surface area contributed by atoms with Gasteiger partial charge in [0.05, 0.1) is 17.5 Å². The highest BCUT2D eigenvalue weighted by atomic mass is 32.1. The maximum atomic E-state index is 11.5. The predicted molar refractivity (Wildman–Crippen MR) is 97.6 cm³/mol. The molecule has 2 aromatic carbocycles. The van der Waals surface area contributed by atoms with Gasteiger partial charge in [0.15, 0.2) is 0 Å². The van der Waals surface area contributed by atoms with Gasteiger partial charge in [-0.05, 0) is 31.5 Å². The van der Waals surface area contributed by atoms with E-state index < -0.39 is 0 Å². The second-order valence-corrected chi connectivity index (χ2v) is 6.09. The molecule has 1 aromatic heterocycles. The van der Waals surface area contributed by atoms with Crippen LogP contribution >= 0.6 is 12.2 Å². The van der Waals surface area contributed by atoms with Crippen molar-refractivity contribution in [2.75, 3.05) is 6.61 Å². The lowest BCUT2D eigenvalue weighted by Crippen LogP contribution is -2.07. The van der Waals surface area contributed by atoms with Crippen molar-refractivity contribution in [2.45, 2.75) is 20.3 Å². The standard InChI is InChI=1S/C20H18O3S/c1-3-22-20(21)11-14-5-7-15(8-6-14)18-12-19(24)16-10-13(2)4-9-17(16)23-18/h4-10,12H,3,11H2,1-2H3. The molecule has 24 heavy (non-hydrogen) atoms. The summed E-state index contributed by atoms with van der Waals surface area (Å²) < 4.78 is 11.7. The summed E-state index contributed by atoms with van der Waals surface area (Å²) in [5.74, 6) is 0.503. The van der Waals surface area contributed by atoms with Crippen LogP contribution in [0.15, 0.2) is 52.9 Å². The van der Waals surface area contributed by atoms with Crippen molar-refractivity contribution >= 4 is 29.2 Å². The van der Waals surface area contributed by atoms with Crippen LogP contribution in [-0.4, -0.2) is 12.6 Å². The minimum atomic E-state index is -0.219. The summed E-state index contributed by atoms with van der Waals surface area (Å²) in [6.45, 7) is 4.23. The van der Waals surface area contributed by atoms with E-state index in [1.54, 1.807) is 6.92 Å².